The van der Waals surface area contributed by atoms with Crippen molar-refractivity contribution in [2.24, 2.45) is 0 Å². The van der Waals surface area contributed by atoms with E-state index in [0.717, 1.165) is 11.4 Å². The summed E-state index contributed by atoms with van der Waals surface area (Å²) in [6.45, 7) is 2.53. The highest BCUT2D eigenvalue weighted by molar-refractivity contribution is 8.02. The Balaban J connectivity index is 0.00000128. The van der Waals surface area contributed by atoms with E-state index in [4.69, 9.17) is 0 Å². The number of halogens is 1. The van der Waals surface area contributed by atoms with Gasteiger partial charge in [-0.2, -0.15) is 0 Å². The van der Waals surface area contributed by atoms with Crippen LogP contribution in [0.15, 0.2) is 41.4 Å². The topological polar surface area (TPSA) is 20.3 Å². The van der Waals surface area contributed by atoms with Gasteiger partial charge in [-0.05, 0) is 12.3 Å². The van der Waals surface area contributed by atoms with Gasteiger partial charge in [0.1, 0.15) is 0 Å². The predicted octanol–water partition coefficient (Wildman–Crippen LogP) is 3.16. The molecule has 16 heavy (non-hydrogen) atoms. The molecule has 1 aliphatic heterocycles. The molecule has 0 fully saturated rings. The van der Waals surface area contributed by atoms with E-state index in [9.17, 15) is 4.79 Å². The molecule has 1 aromatic rings. The number of carbonyl (C=O) groups excluding carboxylic acids is 1. The zero-order valence-electron chi connectivity index (χ0n) is 9.05. The minimum absolute atomic E-state index is 0. The maximum absolute atomic E-state index is 11.9. The molecule has 0 amide bonds. The third-order valence-electron chi connectivity index (χ3n) is 2.41. The summed E-state index contributed by atoms with van der Waals surface area (Å²) in [4.78, 5) is 14.0. The maximum Gasteiger partial charge on any atom is 0.182 e. The van der Waals surface area contributed by atoms with E-state index in [0.29, 0.717) is 6.54 Å². The molecule has 2 nitrogen and oxygen atoms in total. The molecule has 0 bridgehead atoms. The number of hydrogen-bond acceptors (Lipinski definition) is 3. The molecule has 0 saturated carbocycles. The smallest absolute Gasteiger partial charge is 0.182 e. The number of allylic oxidation sites excluding steroid dienone is 1. The lowest BCUT2D eigenvalue weighted by Gasteiger charge is -2.17. The Morgan fingerprint density at radius 1 is 1.38 bits per heavy atom. The van der Waals surface area contributed by atoms with Crippen LogP contribution >= 0.6 is 24.2 Å². The second-order valence-electron chi connectivity index (χ2n) is 3.54. The van der Waals surface area contributed by atoms with Gasteiger partial charge in [0.25, 0.3) is 0 Å². The quantitative estimate of drug-likeness (QED) is 0.774. The van der Waals surface area contributed by atoms with Gasteiger partial charge in [0.15, 0.2) is 5.78 Å². The van der Waals surface area contributed by atoms with E-state index in [1.165, 1.54) is 5.70 Å². The summed E-state index contributed by atoms with van der Waals surface area (Å²) in [6.07, 6.45) is 0. The lowest BCUT2D eigenvalue weighted by atomic mass is 10.1. The van der Waals surface area contributed by atoms with Crippen molar-refractivity contribution >= 4 is 30.0 Å². The van der Waals surface area contributed by atoms with Crippen molar-refractivity contribution in [2.75, 3.05) is 12.4 Å². The van der Waals surface area contributed by atoms with Gasteiger partial charge < -0.3 is 4.90 Å². The third kappa shape index (κ3) is 3.03. The van der Waals surface area contributed by atoms with Gasteiger partial charge in [-0.3, -0.25) is 4.79 Å². The first kappa shape index (κ1) is 13.1. The molecule has 1 heterocycles. The average Bonchev–Trinajstić information content (AvgIpc) is 2.66. The van der Waals surface area contributed by atoms with Gasteiger partial charge in [-0.1, -0.05) is 30.3 Å². The van der Waals surface area contributed by atoms with Crippen molar-refractivity contribution in [3.05, 3.63) is 47.0 Å². The molecule has 0 spiro atoms. The number of rotatable bonds is 3. The van der Waals surface area contributed by atoms with E-state index >= 15 is 0 Å². The highest BCUT2D eigenvalue weighted by Gasteiger charge is 2.15. The van der Waals surface area contributed by atoms with Crippen LogP contribution in [0.4, 0.5) is 0 Å². The van der Waals surface area contributed by atoms with Crippen molar-refractivity contribution < 1.29 is 4.79 Å². The van der Waals surface area contributed by atoms with E-state index in [-0.39, 0.29) is 18.2 Å². The molecule has 4 heteroatoms. The number of thioether (sulfide) groups is 1. The highest BCUT2D eigenvalue weighted by atomic mass is 35.5. The van der Waals surface area contributed by atoms with Crippen molar-refractivity contribution in [2.45, 2.75) is 6.92 Å². The summed E-state index contributed by atoms with van der Waals surface area (Å²) in [7, 11) is 0. The molecule has 0 saturated heterocycles. The van der Waals surface area contributed by atoms with Crippen LogP contribution in [0.25, 0.3) is 0 Å². The molecule has 1 aromatic carbocycles. The molecule has 0 N–H and O–H groups in total. The number of hydrogen-bond donors (Lipinski definition) is 0. The Kier molecular flexibility index (Phi) is 4.90. The van der Waals surface area contributed by atoms with Crippen LogP contribution in [0.2, 0.25) is 0 Å². The molecular weight excluding hydrogens is 242 g/mol. The lowest BCUT2D eigenvalue weighted by Crippen LogP contribution is -2.25. The Hall–Kier alpha value is -0.930. The van der Waals surface area contributed by atoms with Gasteiger partial charge in [-0.15, -0.1) is 24.2 Å². The molecule has 0 atom stereocenters. The zero-order valence-corrected chi connectivity index (χ0v) is 10.7. The van der Waals surface area contributed by atoms with Gasteiger partial charge >= 0.3 is 0 Å². The molecule has 0 unspecified atom stereocenters. The fourth-order valence-corrected chi connectivity index (χ4v) is 2.42. The normalized spacial score (nSPS) is 14.3. The minimum atomic E-state index is 0. The number of ketones is 1. The number of benzene rings is 1. The van der Waals surface area contributed by atoms with Crippen molar-refractivity contribution in [3.63, 3.8) is 0 Å². The Labute approximate surface area is 106 Å². The van der Waals surface area contributed by atoms with Gasteiger partial charge in [0.05, 0.1) is 12.4 Å². The van der Waals surface area contributed by atoms with Crippen LogP contribution in [-0.4, -0.2) is 23.1 Å². The predicted molar refractivity (Wildman–Crippen MR) is 70.9 cm³/mol. The summed E-state index contributed by atoms with van der Waals surface area (Å²) in [5.41, 5.74) is 1.98. The maximum atomic E-state index is 11.9. The van der Waals surface area contributed by atoms with Crippen LogP contribution in [0, 0.1) is 0 Å². The highest BCUT2D eigenvalue weighted by Crippen LogP contribution is 2.22. The molecular formula is C12H14ClNOS. The fourth-order valence-electron chi connectivity index (χ4n) is 1.48. The fraction of sp³-hybridized carbons (Fsp3) is 0.250. The second kappa shape index (κ2) is 5.97. The first-order valence-electron chi connectivity index (χ1n) is 4.89. The number of carbonyl (C=O) groups is 1. The summed E-state index contributed by atoms with van der Waals surface area (Å²) in [5, 5.41) is 2.10. The summed E-state index contributed by atoms with van der Waals surface area (Å²) in [5.74, 6) is 1.08. The van der Waals surface area contributed by atoms with Gasteiger partial charge in [-0.25, -0.2) is 0 Å². The Bertz CT molecular complexity index is 391. The minimum Gasteiger partial charge on any atom is -0.357 e. The van der Waals surface area contributed by atoms with Crippen LogP contribution in [0.3, 0.4) is 0 Å². The Morgan fingerprint density at radius 3 is 2.62 bits per heavy atom. The molecule has 2 rings (SSSR count). The van der Waals surface area contributed by atoms with Crippen LogP contribution in [-0.2, 0) is 0 Å². The van der Waals surface area contributed by atoms with Crippen molar-refractivity contribution in [3.8, 4) is 0 Å². The molecule has 0 radical (unpaired) electrons. The first-order valence-corrected chi connectivity index (χ1v) is 5.94. The summed E-state index contributed by atoms with van der Waals surface area (Å²) < 4.78 is 0. The van der Waals surface area contributed by atoms with E-state index in [1.54, 1.807) is 11.8 Å². The first-order chi connectivity index (χ1) is 7.27. The Morgan fingerprint density at radius 2 is 2.06 bits per heavy atom. The lowest BCUT2D eigenvalue weighted by molar-refractivity contribution is 0.0959. The standard InChI is InChI=1S/C12H13NOS.ClH/c1-10-8-15-9-13(10)7-12(14)11-5-3-2-4-6-11;/h2-6,8H,7,9H2,1H3;1H. The van der Waals surface area contributed by atoms with E-state index < -0.39 is 0 Å². The van der Waals surface area contributed by atoms with E-state index in [1.807, 2.05) is 37.3 Å². The van der Waals surface area contributed by atoms with Crippen molar-refractivity contribution in [1.29, 1.82) is 0 Å². The number of Topliss-reactive ketones (excluding diaryl/α,β-unsaturated/α-hetero) is 1. The van der Waals surface area contributed by atoms with E-state index in [2.05, 4.69) is 10.3 Å². The van der Waals surface area contributed by atoms with Gasteiger partial charge in [0, 0.05) is 11.3 Å². The largest absolute Gasteiger partial charge is 0.357 e. The summed E-state index contributed by atoms with van der Waals surface area (Å²) >= 11 is 1.74. The van der Waals surface area contributed by atoms with Crippen LogP contribution in [0.5, 0.6) is 0 Å². The molecule has 0 aliphatic carbocycles. The van der Waals surface area contributed by atoms with Crippen LogP contribution < -0.4 is 0 Å². The number of nitrogens with zero attached hydrogens (tertiary/aromatic N) is 1. The zero-order chi connectivity index (χ0) is 10.7. The van der Waals surface area contributed by atoms with Crippen molar-refractivity contribution in [1.82, 2.24) is 4.90 Å². The van der Waals surface area contributed by atoms with Crippen LogP contribution in [0.1, 0.15) is 17.3 Å². The molecule has 0 aromatic heterocycles. The van der Waals surface area contributed by atoms with Gasteiger partial charge in [0.2, 0.25) is 0 Å². The monoisotopic (exact) mass is 255 g/mol. The third-order valence-corrected chi connectivity index (χ3v) is 3.38. The SMILES string of the molecule is CC1=CSCN1CC(=O)c1ccccc1.Cl. The molecule has 86 valence electrons. The average molecular weight is 256 g/mol. The second-order valence-corrected chi connectivity index (χ2v) is 4.37. The summed E-state index contributed by atoms with van der Waals surface area (Å²) in [6, 6.07) is 9.45. The molecule has 1 aliphatic rings.